The average Bonchev–Trinajstić information content (AvgIpc) is 2.66. The third-order valence-electron chi connectivity index (χ3n) is 1.85. The van der Waals surface area contributed by atoms with Crippen LogP contribution in [-0.4, -0.2) is 39.3 Å². The fraction of sp³-hybridized carbons (Fsp3) is 0.375. The van der Waals surface area contributed by atoms with Crippen LogP contribution >= 0.6 is 38.9 Å². The summed E-state index contributed by atoms with van der Waals surface area (Å²) < 4.78 is 30.6. The van der Waals surface area contributed by atoms with Crippen LogP contribution in [0.2, 0.25) is 5.02 Å². The largest absolute Gasteiger partial charge is 0.468 e. The molecule has 0 radical (unpaired) electrons. The van der Waals surface area contributed by atoms with Crippen LogP contribution in [0, 0.1) is 0 Å². The van der Waals surface area contributed by atoms with Crippen LogP contribution in [0.3, 0.4) is 0 Å². The molecule has 18 heavy (non-hydrogen) atoms. The van der Waals surface area contributed by atoms with Gasteiger partial charge >= 0.3 is 5.97 Å². The minimum absolute atomic E-state index is 0.0678. The van der Waals surface area contributed by atoms with Crippen LogP contribution in [-0.2, 0) is 19.6 Å². The van der Waals surface area contributed by atoms with Crippen LogP contribution in [0.5, 0.6) is 0 Å². The average molecular weight is 379 g/mol. The minimum atomic E-state index is -3.94. The van der Waals surface area contributed by atoms with E-state index in [1.54, 1.807) is 0 Å². The molecule has 102 valence electrons. The third-order valence-corrected chi connectivity index (χ3v) is 6.27. The van der Waals surface area contributed by atoms with Gasteiger partial charge in [0.15, 0.2) is 0 Å². The highest BCUT2D eigenvalue weighted by Crippen LogP contribution is 2.34. The van der Waals surface area contributed by atoms with Gasteiger partial charge in [0.2, 0.25) is 0 Å². The lowest BCUT2D eigenvalue weighted by molar-refractivity contribution is -0.143. The number of esters is 1. The molecule has 2 N–H and O–H groups in total. The van der Waals surface area contributed by atoms with E-state index >= 15 is 0 Å². The summed E-state index contributed by atoms with van der Waals surface area (Å²) in [4.78, 5) is 11.2. The van der Waals surface area contributed by atoms with E-state index in [4.69, 9.17) is 16.7 Å². The zero-order valence-electron chi connectivity index (χ0n) is 9.01. The second-order valence-electron chi connectivity index (χ2n) is 3.07. The quantitative estimate of drug-likeness (QED) is 0.745. The van der Waals surface area contributed by atoms with E-state index in [1.807, 2.05) is 4.72 Å². The van der Waals surface area contributed by atoms with Crippen molar-refractivity contribution < 1.29 is 23.1 Å². The fourth-order valence-electron chi connectivity index (χ4n) is 1.01. The predicted molar refractivity (Wildman–Crippen MR) is 70.2 cm³/mol. The number of aliphatic hydroxyl groups excluding tert-OH is 1. The lowest BCUT2D eigenvalue weighted by Gasteiger charge is -2.12. The molecule has 0 aromatic carbocycles. The number of hydrogen-bond acceptors (Lipinski definition) is 6. The number of rotatable bonds is 5. The van der Waals surface area contributed by atoms with E-state index in [0.29, 0.717) is 3.79 Å². The van der Waals surface area contributed by atoms with E-state index < -0.39 is 28.6 Å². The van der Waals surface area contributed by atoms with Crippen LogP contribution in [0.25, 0.3) is 0 Å². The number of hydrogen-bond donors (Lipinski definition) is 2. The highest BCUT2D eigenvalue weighted by molar-refractivity contribution is 9.11. The summed E-state index contributed by atoms with van der Waals surface area (Å²) in [6, 6.07) is -0.107. The van der Waals surface area contributed by atoms with Crippen molar-refractivity contribution >= 4 is 54.9 Å². The van der Waals surface area contributed by atoms with E-state index in [1.165, 1.54) is 6.07 Å². The number of aliphatic hydroxyl groups is 1. The standard InChI is InChI=1S/C8H9BrClNO5S2/c1-16-8(13)5(3-12)11-18(14,15)6-2-4(10)7(9)17-6/h2,5,11-12H,3H2,1H3. The summed E-state index contributed by atoms with van der Waals surface area (Å²) >= 11 is 9.71. The monoisotopic (exact) mass is 377 g/mol. The zero-order valence-corrected chi connectivity index (χ0v) is 13.0. The van der Waals surface area contributed by atoms with Crippen molar-refractivity contribution in [3.8, 4) is 0 Å². The first-order chi connectivity index (χ1) is 8.31. The SMILES string of the molecule is COC(=O)C(CO)NS(=O)(=O)c1cc(Cl)c(Br)s1. The first kappa shape index (κ1) is 15.9. The zero-order chi connectivity index (χ0) is 13.9. The number of sulfonamides is 1. The number of halogens is 2. The van der Waals surface area contributed by atoms with E-state index in [9.17, 15) is 13.2 Å². The van der Waals surface area contributed by atoms with Gasteiger partial charge in [-0.25, -0.2) is 8.42 Å². The molecule has 1 atom stereocenters. The van der Waals surface area contributed by atoms with Gasteiger partial charge < -0.3 is 9.84 Å². The minimum Gasteiger partial charge on any atom is -0.468 e. The number of methoxy groups -OCH3 is 1. The number of ether oxygens (including phenoxy) is 1. The molecule has 1 heterocycles. The van der Waals surface area contributed by atoms with Crippen molar-refractivity contribution in [1.29, 1.82) is 0 Å². The van der Waals surface area contributed by atoms with Gasteiger partial charge in [-0.1, -0.05) is 11.6 Å². The van der Waals surface area contributed by atoms with Gasteiger partial charge in [-0.2, -0.15) is 4.72 Å². The Morgan fingerprint density at radius 3 is 2.72 bits per heavy atom. The normalized spacial score (nSPS) is 13.3. The molecule has 0 spiro atoms. The van der Waals surface area contributed by atoms with Gasteiger partial charge in [0, 0.05) is 0 Å². The fourth-order valence-corrected chi connectivity index (χ4v) is 4.60. The number of carbonyl (C=O) groups is 1. The molecule has 6 nitrogen and oxygen atoms in total. The Bertz CT molecular complexity index is 524. The first-order valence-corrected chi connectivity index (χ1v) is 7.94. The molecule has 0 aliphatic heterocycles. The summed E-state index contributed by atoms with van der Waals surface area (Å²) in [7, 11) is -2.84. The lowest BCUT2D eigenvalue weighted by atomic mass is 10.3. The molecule has 0 saturated heterocycles. The van der Waals surface area contributed by atoms with Crippen molar-refractivity contribution in [2.45, 2.75) is 10.3 Å². The lowest BCUT2D eigenvalue weighted by Crippen LogP contribution is -2.43. The van der Waals surface area contributed by atoms with Crippen LogP contribution in [0.4, 0.5) is 0 Å². The summed E-state index contributed by atoms with van der Waals surface area (Å²) in [6.07, 6.45) is 0. The number of carbonyl (C=O) groups excluding carboxylic acids is 1. The Kier molecular flexibility index (Phi) is 5.56. The molecule has 1 aromatic rings. The van der Waals surface area contributed by atoms with Gasteiger partial charge in [-0.15, -0.1) is 11.3 Å². The first-order valence-electron chi connectivity index (χ1n) is 4.47. The molecule has 10 heteroatoms. The molecule has 0 fully saturated rings. The molecule has 0 aliphatic carbocycles. The maximum Gasteiger partial charge on any atom is 0.326 e. The molecule has 0 aliphatic rings. The van der Waals surface area contributed by atoms with E-state index in [-0.39, 0.29) is 9.23 Å². The van der Waals surface area contributed by atoms with Crippen LogP contribution in [0.15, 0.2) is 14.1 Å². The molecule has 1 unspecified atom stereocenters. The van der Waals surface area contributed by atoms with Crippen molar-refractivity contribution in [2.24, 2.45) is 0 Å². The van der Waals surface area contributed by atoms with Crippen LogP contribution < -0.4 is 4.72 Å². The second kappa shape index (κ2) is 6.31. The van der Waals surface area contributed by atoms with Crippen molar-refractivity contribution in [1.82, 2.24) is 4.72 Å². The van der Waals surface area contributed by atoms with Gasteiger partial charge in [0.25, 0.3) is 10.0 Å². The van der Waals surface area contributed by atoms with Crippen molar-refractivity contribution in [2.75, 3.05) is 13.7 Å². The summed E-state index contributed by atoms with van der Waals surface area (Å²) in [5, 5.41) is 9.19. The van der Waals surface area contributed by atoms with E-state index in [0.717, 1.165) is 18.4 Å². The predicted octanol–water partition coefficient (Wildman–Crippen LogP) is 0.976. The molecule has 1 rings (SSSR count). The van der Waals surface area contributed by atoms with Crippen LogP contribution in [0.1, 0.15) is 0 Å². The smallest absolute Gasteiger partial charge is 0.326 e. The number of thiophene rings is 1. The Balaban J connectivity index is 2.97. The summed E-state index contributed by atoms with van der Waals surface area (Å²) in [5.74, 6) is -0.872. The highest BCUT2D eigenvalue weighted by Gasteiger charge is 2.27. The Labute approximate surface area is 121 Å². The Morgan fingerprint density at radius 2 is 2.33 bits per heavy atom. The maximum absolute atomic E-state index is 11.9. The molecule has 0 bridgehead atoms. The Morgan fingerprint density at radius 1 is 1.72 bits per heavy atom. The maximum atomic E-state index is 11.9. The Hall–Kier alpha value is -0.190. The van der Waals surface area contributed by atoms with Gasteiger partial charge in [0.05, 0.1) is 22.5 Å². The van der Waals surface area contributed by atoms with Crippen molar-refractivity contribution in [3.63, 3.8) is 0 Å². The highest BCUT2D eigenvalue weighted by atomic mass is 79.9. The molecular weight excluding hydrogens is 370 g/mol. The number of nitrogens with one attached hydrogen (secondary N) is 1. The molecular formula is C8H9BrClNO5S2. The second-order valence-corrected chi connectivity index (χ2v) is 7.78. The summed E-state index contributed by atoms with van der Waals surface area (Å²) in [6.45, 7) is -0.702. The topological polar surface area (TPSA) is 92.7 Å². The van der Waals surface area contributed by atoms with Crippen molar-refractivity contribution in [3.05, 3.63) is 14.9 Å². The van der Waals surface area contributed by atoms with E-state index in [2.05, 4.69) is 20.7 Å². The molecule has 0 saturated carbocycles. The van der Waals surface area contributed by atoms with Gasteiger partial charge in [0.1, 0.15) is 10.3 Å². The third kappa shape index (κ3) is 3.65. The molecule has 0 amide bonds. The van der Waals surface area contributed by atoms with Gasteiger partial charge in [-0.05, 0) is 22.0 Å². The van der Waals surface area contributed by atoms with Gasteiger partial charge in [-0.3, -0.25) is 4.79 Å². The molecule has 1 aromatic heterocycles. The summed E-state index contributed by atoms with van der Waals surface area (Å²) in [5.41, 5.74) is 0.